The van der Waals surface area contributed by atoms with Crippen molar-refractivity contribution in [2.75, 3.05) is 6.54 Å². The molecule has 0 saturated carbocycles. The Labute approximate surface area is 188 Å². The molecule has 7 heteroatoms. The fourth-order valence-electron chi connectivity index (χ4n) is 3.43. The van der Waals surface area contributed by atoms with Gasteiger partial charge in [0.25, 0.3) is 0 Å². The summed E-state index contributed by atoms with van der Waals surface area (Å²) in [5.41, 5.74) is 0.0334. The quantitative estimate of drug-likeness (QED) is 0.318. The second kappa shape index (κ2) is 11.4. The monoisotopic (exact) mass is 463 g/mol. The first kappa shape index (κ1) is 29.5. The molecule has 176 valence electrons. The summed E-state index contributed by atoms with van der Waals surface area (Å²) in [6.45, 7) is 35.0. The maximum atomic E-state index is 6.71. The topological polar surface area (TPSA) is 30.9 Å². The third-order valence-electron chi connectivity index (χ3n) is 4.67. The van der Waals surface area contributed by atoms with Crippen LogP contribution in [-0.4, -0.2) is 57.1 Å². The summed E-state index contributed by atoms with van der Waals surface area (Å²) in [5.74, 6) is 0. The van der Waals surface area contributed by atoms with Crippen LogP contribution in [0.15, 0.2) is 0 Å². The summed E-state index contributed by atoms with van der Waals surface area (Å²) >= 11 is 0. The molecule has 0 saturated heterocycles. The SMILES string of the molecule is C[SiH](C)OC(CN(C(O[SiH](C)C)C(C)(C)C)C(O[SiH](C)C)C(C)(C)C)C(C)(C)C. The van der Waals surface area contributed by atoms with E-state index in [1.54, 1.807) is 0 Å². The van der Waals surface area contributed by atoms with Gasteiger partial charge in [0.2, 0.25) is 0 Å². The molecule has 0 rings (SSSR count). The van der Waals surface area contributed by atoms with Crippen molar-refractivity contribution in [1.29, 1.82) is 0 Å². The molecule has 0 aliphatic heterocycles. The molecule has 0 spiro atoms. The molecule has 0 amide bonds. The first-order valence-electron chi connectivity index (χ1n) is 11.5. The Balaban J connectivity index is 6.38. The van der Waals surface area contributed by atoms with E-state index >= 15 is 0 Å². The third kappa shape index (κ3) is 11.1. The van der Waals surface area contributed by atoms with Crippen LogP contribution >= 0.6 is 0 Å². The lowest BCUT2D eigenvalue weighted by Crippen LogP contribution is -2.61. The Morgan fingerprint density at radius 2 is 0.862 bits per heavy atom. The van der Waals surface area contributed by atoms with E-state index < -0.39 is 27.1 Å². The first-order valence-corrected chi connectivity index (χ1v) is 19.8. The van der Waals surface area contributed by atoms with Gasteiger partial charge in [-0.2, -0.15) is 0 Å². The zero-order valence-electron chi connectivity index (χ0n) is 22.3. The van der Waals surface area contributed by atoms with Crippen molar-refractivity contribution >= 4 is 27.1 Å². The highest BCUT2D eigenvalue weighted by Gasteiger charge is 2.43. The predicted octanol–water partition coefficient (Wildman–Crippen LogP) is 5.45. The molecule has 0 N–H and O–H groups in total. The fourth-order valence-corrected chi connectivity index (χ4v) is 6.74. The molecule has 0 radical (unpaired) electrons. The van der Waals surface area contributed by atoms with Gasteiger partial charge < -0.3 is 13.3 Å². The van der Waals surface area contributed by atoms with Crippen LogP contribution in [0.25, 0.3) is 0 Å². The molecule has 0 aliphatic rings. The minimum absolute atomic E-state index is 0.00780. The number of hydrogen-bond donors (Lipinski definition) is 0. The van der Waals surface area contributed by atoms with E-state index in [0.717, 1.165) is 6.54 Å². The smallest absolute Gasteiger partial charge is 0.173 e. The molecule has 4 nitrogen and oxygen atoms in total. The van der Waals surface area contributed by atoms with Crippen LogP contribution in [0.1, 0.15) is 62.3 Å². The molecule has 0 fully saturated rings. The van der Waals surface area contributed by atoms with Crippen molar-refractivity contribution in [1.82, 2.24) is 4.90 Å². The Bertz CT molecular complexity index is 437. The lowest BCUT2D eigenvalue weighted by molar-refractivity contribution is -0.172. The van der Waals surface area contributed by atoms with Gasteiger partial charge in [-0.1, -0.05) is 62.3 Å². The molecule has 0 aromatic rings. The van der Waals surface area contributed by atoms with Gasteiger partial charge in [0.05, 0.1) is 6.10 Å². The number of rotatable bonds is 10. The molecule has 0 aromatic heterocycles. The van der Waals surface area contributed by atoms with E-state index in [2.05, 4.69) is 106 Å². The second-order valence-corrected chi connectivity index (χ2v) is 19.7. The molecule has 0 aromatic carbocycles. The van der Waals surface area contributed by atoms with Gasteiger partial charge in [-0.05, 0) is 44.7 Å². The van der Waals surface area contributed by atoms with Gasteiger partial charge in [-0.25, -0.2) is 0 Å². The molecular weight excluding hydrogens is 411 g/mol. The van der Waals surface area contributed by atoms with Crippen LogP contribution in [0.2, 0.25) is 39.3 Å². The zero-order valence-corrected chi connectivity index (χ0v) is 25.8. The minimum atomic E-state index is -1.25. The summed E-state index contributed by atoms with van der Waals surface area (Å²) in [6.07, 6.45) is 0.167. The Hall–Kier alpha value is 0.491. The summed E-state index contributed by atoms with van der Waals surface area (Å²) in [6, 6.07) is 0. The first-order chi connectivity index (χ1) is 12.8. The van der Waals surface area contributed by atoms with Crippen molar-refractivity contribution < 1.29 is 13.3 Å². The van der Waals surface area contributed by atoms with E-state index in [4.69, 9.17) is 13.3 Å². The Kier molecular flexibility index (Phi) is 11.6. The Morgan fingerprint density at radius 3 is 1.07 bits per heavy atom. The van der Waals surface area contributed by atoms with Crippen LogP contribution in [0, 0.1) is 16.2 Å². The van der Waals surface area contributed by atoms with Crippen molar-refractivity contribution in [3.05, 3.63) is 0 Å². The van der Waals surface area contributed by atoms with Crippen LogP contribution < -0.4 is 0 Å². The highest BCUT2D eigenvalue weighted by Crippen LogP contribution is 2.36. The van der Waals surface area contributed by atoms with Crippen molar-refractivity contribution in [2.45, 2.75) is 120 Å². The second-order valence-electron chi connectivity index (χ2n) is 12.5. The lowest BCUT2D eigenvalue weighted by atomic mass is 9.85. The Morgan fingerprint density at radius 1 is 0.552 bits per heavy atom. The largest absolute Gasteiger partial charge is 0.416 e. The van der Waals surface area contributed by atoms with Gasteiger partial charge in [-0.15, -0.1) is 0 Å². The molecule has 3 unspecified atom stereocenters. The molecule has 0 aliphatic carbocycles. The van der Waals surface area contributed by atoms with E-state index in [-0.39, 0.29) is 34.8 Å². The third-order valence-corrected chi connectivity index (χ3v) is 7.14. The summed E-state index contributed by atoms with van der Waals surface area (Å²) in [7, 11) is -3.68. The van der Waals surface area contributed by atoms with E-state index in [0.29, 0.717) is 0 Å². The van der Waals surface area contributed by atoms with Gasteiger partial charge >= 0.3 is 0 Å². The van der Waals surface area contributed by atoms with Crippen molar-refractivity contribution in [2.24, 2.45) is 16.2 Å². The van der Waals surface area contributed by atoms with Gasteiger partial charge in [-0.3, -0.25) is 4.90 Å². The molecule has 0 bridgehead atoms. The highest BCUT2D eigenvalue weighted by atomic mass is 28.3. The van der Waals surface area contributed by atoms with Crippen molar-refractivity contribution in [3.8, 4) is 0 Å². The van der Waals surface area contributed by atoms with Gasteiger partial charge in [0, 0.05) is 17.4 Å². The maximum Gasteiger partial charge on any atom is 0.173 e. The maximum absolute atomic E-state index is 6.71. The van der Waals surface area contributed by atoms with E-state index in [1.807, 2.05) is 0 Å². The van der Waals surface area contributed by atoms with Crippen LogP contribution in [0.3, 0.4) is 0 Å². The normalized spacial score (nSPS) is 17.5. The molecule has 29 heavy (non-hydrogen) atoms. The number of nitrogens with zero attached hydrogens (tertiary/aromatic N) is 1. The van der Waals surface area contributed by atoms with E-state index in [9.17, 15) is 0 Å². The molecule has 3 atom stereocenters. The highest BCUT2D eigenvalue weighted by molar-refractivity contribution is 6.49. The lowest BCUT2D eigenvalue weighted by Gasteiger charge is -2.51. The fraction of sp³-hybridized carbons (Fsp3) is 1.00. The summed E-state index contributed by atoms with van der Waals surface area (Å²) in [5, 5.41) is 0. The summed E-state index contributed by atoms with van der Waals surface area (Å²) < 4.78 is 20.0. The standard InChI is InChI=1S/C22H53NO3Si3/c1-20(2,3)17(24-27(10)11)16-23(18(21(4,5)6)25-28(12)13)19(22(7,8)9)26-29(14)15/h17-19,27-29H,16H2,1-15H3. The van der Waals surface area contributed by atoms with Gasteiger partial charge in [0.15, 0.2) is 27.1 Å². The van der Waals surface area contributed by atoms with Crippen LogP contribution in [0.5, 0.6) is 0 Å². The predicted molar refractivity (Wildman–Crippen MR) is 136 cm³/mol. The zero-order chi connectivity index (χ0) is 23.4. The number of hydrogen-bond acceptors (Lipinski definition) is 4. The minimum Gasteiger partial charge on any atom is -0.416 e. The van der Waals surface area contributed by atoms with E-state index in [1.165, 1.54) is 0 Å². The summed E-state index contributed by atoms with van der Waals surface area (Å²) in [4.78, 5) is 2.52. The molecule has 0 heterocycles. The van der Waals surface area contributed by atoms with Gasteiger partial charge in [0.1, 0.15) is 12.5 Å². The van der Waals surface area contributed by atoms with Crippen LogP contribution in [0.4, 0.5) is 0 Å². The average molecular weight is 464 g/mol. The average Bonchev–Trinajstić information content (AvgIpc) is 2.43. The van der Waals surface area contributed by atoms with Crippen LogP contribution in [-0.2, 0) is 13.3 Å². The van der Waals surface area contributed by atoms with Crippen molar-refractivity contribution in [3.63, 3.8) is 0 Å². The molecular formula is C22H53NO3Si3.